The molecule has 0 fully saturated rings. The van der Waals surface area contributed by atoms with Crippen LogP contribution in [0.1, 0.15) is 53.4 Å². The van der Waals surface area contributed by atoms with Crippen LogP contribution in [0.3, 0.4) is 0 Å². The van der Waals surface area contributed by atoms with Crippen LogP contribution in [0, 0.1) is 16.7 Å². The van der Waals surface area contributed by atoms with Crippen LogP contribution in [-0.4, -0.2) is 37.0 Å². The van der Waals surface area contributed by atoms with Gasteiger partial charge in [-0.25, -0.2) is 0 Å². The summed E-state index contributed by atoms with van der Waals surface area (Å²) in [6, 6.07) is 2.72. The summed E-state index contributed by atoms with van der Waals surface area (Å²) >= 11 is 0. The third-order valence-corrected chi connectivity index (χ3v) is 3.96. The van der Waals surface area contributed by atoms with Gasteiger partial charge in [0.05, 0.1) is 6.07 Å². The molecule has 0 atom stereocenters. The third-order valence-electron chi connectivity index (χ3n) is 3.96. The Morgan fingerprint density at radius 2 is 1.89 bits per heavy atom. The summed E-state index contributed by atoms with van der Waals surface area (Å²) in [5, 5.41) is 12.1. The van der Waals surface area contributed by atoms with Crippen molar-refractivity contribution < 1.29 is 4.79 Å². The number of carbonyl (C=O) groups excluding carboxylic acids is 1. The van der Waals surface area contributed by atoms with Gasteiger partial charge in [0.1, 0.15) is 5.41 Å². The van der Waals surface area contributed by atoms with Crippen molar-refractivity contribution in [1.82, 2.24) is 10.2 Å². The van der Waals surface area contributed by atoms with E-state index in [9.17, 15) is 4.79 Å². The van der Waals surface area contributed by atoms with Crippen molar-refractivity contribution in [3.8, 4) is 6.07 Å². The maximum absolute atomic E-state index is 12.0. The lowest BCUT2D eigenvalue weighted by molar-refractivity contribution is -0.128. The minimum absolute atomic E-state index is 0.114. The third kappa shape index (κ3) is 5.61. The van der Waals surface area contributed by atoms with Crippen LogP contribution in [0.4, 0.5) is 0 Å². The highest BCUT2D eigenvalue weighted by atomic mass is 16.2. The Labute approximate surface area is 118 Å². The minimum Gasteiger partial charge on any atom is -0.355 e. The average Bonchev–Trinajstić information content (AvgIpc) is 2.40. The monoisotopic (exact) mass is 267 g/mol. The van der Waals surface area contributed by atoms with Crippen LogP contribution < -0.4 is 5.32 Å². The van der Waals surface area contributed by atoms with E-state index in [4.69, 9.17) is 5.26 Å². The summed E-state index contributed by atoms with van der Waals surface area (Å²) in [7, 11) is 2.11. The SMILES string of the molecule is CCC(C#N)(CC)C(=O)NCCCCN(C)C(C)C. The number of unbranched alkanes of at least 4 members (excludes halogenated alkanes) is 1. The Morgan fingerprint density at radius 1 is 1.32 bits per heavy atom. The quantitative estimate of drug-likeness (QED) is 0.653. The summed E-state index contributed by atoms with van der Waals surface area (Å²) in [5.74, 6) is -0.114. The van der Waals surface area contributed by atoms with E-state index in [0.717, 1.165) is 19.4 Å². The number of amides is 1. The van der Waals surface area contributed by atoms with E-state index in [1.54, 1.807) is 0 Å². The Balaban J connectivity index is 3.96. The predicted octanol–water partition coefficient (Wildman–Crippen LogP) is 2.55. The zero-order chi connectivity index (χ0) is 14.9. The van der Waals surface area contributed by atoms with Gasteiger partial charge in [-0.2, -0.15) is 5.26 Å². The number of hydrogen-bond acceptors (Lipinski definition) is 3. The van der Waals surface area contributed by atoms with Crippen LogP contribution in [0.5, 0.6) is 0 Å². The standard InChI is InChI=1S/C15H29N3O/c1-6-15(7-2,12-16)14(19)17-10-8-9-11-18(5)13(3)4/h13H,6-11H2,1-5H3,(H,17,19). The number of nitriles is 1. The Kier molecular flexibility index (Phi) is 8.42. The van der Waals surface area contributed by atoms with Gasteiger partial charge in [-0.1, -0.05) is 13.8 Å². The van der Waals surface area contributed by atoms with Gasteiger partial charge in [-0.3, -0.25) is 4.79 Å². The molecule has 1 N–H and O–H groups in total. The van der Waals surface area contributed by atoms with E-state index >= 15 is 0 Å². The lowest BCUT2D eigenvalue weighted by Crippen LogP contribution is -2.40. The summed E-state index contributed by atoms with van der Waals surface area (Å²) in [5.41, 5.74) is -0.839. The molecule has 0 aliphatic heterocycles. The fourth-order valence-corrected chi connectivity index (χ4v) is 1.90. The van der Waals surface area contributed by atoms with Gasteiger partial charge in [0.2, 0.25) is 5.91 Å². The normalized spacial score (nSPS) is 11.7. The van der Waals surface area contributed by atoms with Gasteiger partial charge in [-0.15, -0.1) is 0 Å². The predicted molar refractivity (Wildman–Crippen MR) is 78.6 cm³/mol. The van der Waals surface area contributed by atoms with Crippen LogP contribution in [0.2, 0.25) is 0 Å². The van der Waals surface area contributed by atoms with E-state index in [-0.39, 0.29) is 5.91 Å². The van der Waals surface area contributed by atoms with E-state index in [1.165, 1.54) is 0 Å². The summed E-state index contributed by atoms with van der Waals surface area (Å²) in [6.45, 7) is 9.83. The first-order chi connectivity index (χ1) is 8.93. The molecule has 0 unspecified atom stereocenters. The van der Waals surface area contributed by atoms with Crippen LogP contribution in [-0.2, 0) is 4.79 Å². The summed E-state index contributed by atoms with van der Waals surface area (Å²) < 4.78 is 0. The molecule has 0 spiro atoms. The molecule has 0 aliphatic carbocycles. The molecule has 0 aliphatic rings. The molecule has 0 saturated heterocycles. The van der Waals surface area contributed by atoms with E-state index < -0.39 is 5.41 Å². The van der Waals surface area contributed by atoms with Gasteiger partial charge in [-0.05, 0) is 53.1 Å². The maximum atomic E-state index is 12.0. The molecule has 0 saturated carbocycles. The number of nitrogens with zero attached hydrogens (tertiary/aromatic N) is 2. The van der Waals surface area contributed by atoms with Crippen LogP contribution in [0.15, 0.2) is 0 Å². The van der Waals surface area contributed by atoms with Gasteiger partial charge >= 0.3 is 0 Å². The van der Waals surface area contributed by atoms with Gasteiger partial charge in [0, 0.05) is 12.6 Å². The lowest BCUT2D eigenvalue weighted by Gasteiger charge is -2.23. The zero-order valence-electron chi connectivity index (χ0n) is 13.1. The second-order valence-corrected chi connectivity index (χ2v) is 5.44. The maximum Gasteiger partial charge on any atom is 0.240 e. The number of rotatable bonds is 9. The van der Waals surface area contributed by atoms with Gasteiger partial charge in [0.25, 0.3) is 0 Å². The first-order valence-electron chi connectivity index (χ1n) is 7.33. The molecule has 0 aromatic heterocycles. The highest BCUT2D eigenvalue weighted by Gasteiger charge is 2.34. The lowest BCUT2D eigenvalue weighted by atomic mass is 9.83. The highest BCUT2D eigenvalue weighted by Crippen LogP contribution is 2.25. The van der Waals surface area contributed by atoms with Crippen molar-refractivity contribution in [2.24, 2.45) is 5.41 Å². The average molecular weight is 267 g/mol. The molecule has 0 aromatic rings. The largest absolute Gasteiger partial charge is 0.355 e. The molecule has 4 nitrogen and oxygen atoms in total. The van der Waals surface area contributed by atoms with E-state index in [2.05, 4.69) is 37.2 Å². The minimum atomic E-state index is -0.839. The van der Waals surface area contributed by atoms with Crippen molar-refractivity contribution >= 4 is 5.91 Å². The molecule has 4 heteroatoms. The number of hydrogen-bond donors (Lipinski definition) is 1. The van der Waals surface area contributed by atoms with Crippen molar-refractivity contribution in [3.05, 3.63) is 0 Å². The van der Waals surface area contributed by atoms with Crippen LogP contribution in [0.25, 0.3) is 0 Å². The van der Waals surface area contributed by atoms with Gasteiger partial charge < -0.3 is 10.2 Å². The molecule has 19 heavy (non-hydrogen) atoms. The fraction of sp³-hybridized carbons (Fsp3) is 0.867. The summed E-state index contributed by atoms with van der Waals surface area (Å²) in [4.78, 5) is 14.3. The van der Waals surface area contributed by atoms with E-state index in [0.29, 0.717) is 25.4 Å². The van der Waals surface area contributed by atoms with Crippen molar-refractivity contribution in [1.29, 1.82) is 5.26 Å². The molecule has 0 heterocycles. The van der Waals surface area contributed by atoms with Crippen molar-refractivity contribution in [2.75, 3.05) is 20.1 Å². The second-order valence-electron chi connectivity index (χ2n) is 5.44. The molecule has 0 aromatic carbocycles. The fourth-order valence-electron chi connectivity index (χ4n) is 1.90. The Morgan fingerprint density at radius 3 is 2.32 bits per heavy atom. The topological polar surface area (TPSA) is 56.1 Å². The van der Waals surface area contributed by atoms with Crippen LogP contribution >= 0.6 is 0 Å². The Bertz CT molecular complexity index is 303. The molecular formula is C15H29N3O. The van der Waals surface area contributed by atoms with E-state index in [1.807, 2.05) is 13.8 Å². The first kappa shape index (κ1) is 17.9. The molecule has 0 rings (SSSR count). The molecule has 0 bridgehead atoms. The van der Waals surface area contributed by atoms with Gasteiger partial charge in [0.15, 0.2) is 0 Å². The van der Waals surface area contributed by atoms with Crippen molar-refractivity contribution in [3.63, 3.8) is 0 Å². The molecule has 1 amide bonds. The molecule has 0 radical (unpaired) electrons. The highest BCUT2D eigenvalue weighted by molar-refractivity contribution is 5.85. The van der Waals surface area contributed by atoms with Crippen molar-refractivity contribution in [2.45, 2.75) is 59.4 Å². The summed E-state index contributed by atoms with van der Waals surface area (Å²) in [6.07, 6.45) is 3.16. The molecule has 110 valence electrons. The zero-order valence-corrected chi connectivity index (χ0v) is 13.1. The Hall–Kier alpha value is -1.08. The molecular weight excluding hydrogens is 238 g/mol. The second kappa shape index (κ2) is 8.92. The smallest absolute Gasteiger partial charge is 0.240 e. The number of carbonyl (C=O) groups is 1. The number of nitrogens with one attached hydrogen (secondary N) is 1. The first-order valence-corrected chi connectivity index (χ1v) is 7.33.